The SMILES string of the molecule is O=c1cc/c(=N/Nc2ccccc2)c(=O)/c1=N/Nc1ccccc1. The van der Waals surface area contributed by atoms with E-state index in [4.69, 9.17) is 0 Å². The molecule has 0 heterocycles. The van der Waals surface area contributed by atoms with Crippen LogP contribution in [0, 0.1) is 0 Å². The second kappa shape index (κ2) is 7.15. The molecular formula is C18H14N4O2. The molecule has 0 unspecified atom stereocenters. The first-order chi connectivity index (χ1) is 11.7. The van der Waals surface area contributed by atoms with Crippen molar-refractivity contribution in [3.8, 4) is 0 Å². The largest absolute Gasteiger partial charge is 0.287 e. The van der Waals surface area contributed by atoms with Gasteiger partial charge in [0.05, 0.1) is 11.4 Å². The number of hydrogen-bond donors (Lipinski definition) is 2. The molecule has 6 heteroatoms. The van der Waals surface area contributed by atoms with E-state index in [1.54, 1.807) is 12.1 Å². The highest BCUT2D eigenvalue weighted by Crippen LogP contribution is 2.04. The van der Waals surface area contributed by atoms with Crippen molar-refractivity contribution in [2.45, 2.75) is 0 Å². The van der Waals surface area contributed by atoms with Gasteiger partial charge in [-0.3, -0.25) is 20.4 Å². The van der Waals surface area contributed by atoms with Crippen LogP contribution >= 0.6 is 0 Å². The number of para-hydroxylation sites is 2. The van der Waals surface area contributed by atoms with E-state index in [2.05, 4.69) is 21.1 Å². The molecule has 0 spiro atoms. The number of nitrogens with one attached hydrogen (secondary N) is 2. The van der Waals surface area contributed by atoms with Gasteiger partial charge in [-0.2, -0.15) is 10.2 Å². The van der Waals surface area contributed by atoms with Crippen LogP contribution in [0.2, 0.25) is 0 Å². The van der Waals surface area contributed by atoms with Gasteiger partial charge in [0, 0.05) is 0 Å². The first-order valence-electron chi connectivity index (χ1n) is 7.28. The minimum Gasteiger partial charge on any atom is -0.287 e. The van der Waals surface area contributed by atoms with Gasteiger partial charge in [-0.15, -0.1) is 0 Å². The Kier molecular flexibility index (Phi) is 4.57. The fraction of sp³-hybridized carbons (Fsp3) is 0. The molecule has 0 aliphatic rings. The lowest BCUT2D eigenvalue weighted by Gasteiger charge is -1.98. The maximum absolute atomic E-state index is 12.4. The summed E-state index contributed by atoms with van der Waals surface area (Å²) in [5.41, 5.74) is 5.92. The summed E-state index contributed by atoms with van der Waals surface area (Å²) >= 11 is 0. The standard InChI is InChI=1S/C18H14N4O2/c23-16-12-11-15(21-19-13-7-3-1-4-8-13)18(24)17(16)22-20-14-9-5-2-6-10-14/h1-12,19-20H/b21-15-,22-17+. The Morgan fingerprint density at radius 1 is 0.625 bits per heavy atom. The lowest BCUT2D eigenvalue weighted by Crippen LogP contribution is -2.47. The van der Waals surface area contributed by atoms with Crippen LogP contribution in [0.1, 0.15) is 0 Å². The van der Waals surface area contributed by atoms with Crippen molar-refractivity contribution in [1.82, 2.24) is 0 Å². The maximum atomic E-state index is 12.4. The average Bonchev–Trinajstić information content (AvgIpc) is 2.63. The molecular weight excluding hydrogens is 304 g/mol. The average molecular weight is 318 g/mol. The molecule has 0 atom stereocenters. The number of hydrogen-bond acceptors (Lipinski definition) is 6. The lowest BCUT2D eigenvalue weighted by molar-refractivity contribution is 1.11. The Labute approximate surface area is 137 Å². The van der Waals surface area contributed by atoms with Gasteiger partial charge in [0.2, 0.25) is 10.9 Å². The molecule has 3 rings (SSSR count). The first kappa shape index (κ1) is 15.4. The van der Waals surface area contributed by atoms with Gasteiger partial charge < -0.3 is 0 Å². The Bertz CT molecular complexity index is 1040. The van der Waals surface area contributed by atoms with Gasteiger partial charge in [0.15, 0.2) is 5.36 Å². The minimum atomic E-state index is -0.533. The van der Waals surface area contributed by atoms with Crippen molar-refractivity contribution in [2.24, 2.45) is 10.2 Å². The number of rotatable bonds is 4. The smallest absolute Gasteiger partial charge is 0.237 e. The molecule has 0 aliphatic carbocycles. The minimum absolute atomic E-state index is 0.118. The molecule has 3 aromatic carbocycles. The summed E-state index contributed by atoms with van der Waals surface area (Å²) in [5, 5.41) is 7.89. The van der Waals surface area contributed by atoms with Gasteiger partial charge in [0.1, 0.15) is 5.36 Å². The zero-order valence-electron chi connectivity index (χ0n) is 12.6. The molecule has 3 aromatic rings. The molecule has 0 bridgehead atoms. The topological polar surface area (TPSA) is 82.9 Å². The van der Waals surface area contributed by atoms with E-state index in [0.717, 1.165) is 5.69 Å². The Hall–Kier alpha value is -3.54. The summed E-state index contributed by atoms with van der Waals surface area (Å²) in [5.74, 6) is 0. The quantitative estimate of drug-likeness (QED) is 0.707. The molecule has 0 amide bonds. The van der Waals surface area contributed by atoms with Crippen LogP contribution in [0.5, 0.6) is 0 Å². The van der Waals surface area contributed by atoms with E-state index < -0.39 is 10.9 Å². The van der Waals surface area contributed by atoms with Crippen LogP contribution in [0.4, 0.5) is 11.4 Å². The first-order valence-corrected chi connectivity index (χ1v) is 7.28. The summed E-state index contributed by atoms with van der Waals surface area (Å²) in [6.45, 7) is 0. The Balaban J connectivity index is 1.96. The van der Waals surface area contributed by atoms with Crippen LogP contribution in [-0.4, -0.2) is 0 Å². The van der Waals surface area contributed by atoms with Crippen molar-refractivity contribution in [2.75, 3.05) is 10.9 Å². The van der Waals surface area contributed by atoms with Crippen molar-refractivity contribution in [3.63, 3.8) is 0 Å². The molecule has 118 valence electrons. The van der Waals surface area contributed by atoms with Crippen molar-refractivity contribution in [1.29, 1.82) is 0 Å². The van der Waals surface area contributed by atoms with Crippen LogP contribution < -0.4 is 32.4 Å². The van der Waals surface area contributed by atoms with E-state index in [9.17, 15) is 9.59 Å². The van der Waals surface area contributed by atoms with Gasteiger partial charge in [0.25, 0.3) is 0 Å². The maximum Gasteiger partial charge on any atom is 0.237 e. The zero-order valence-corrected chi connectivity index (χ0v) is 12.6. The normalized spacial score (nSPS) is 12.2. The van der Waals surface area contributed by atoms with Crippen LogP contribution in [0.25, 0.3) is 0 Å². The van der Waals surface area contributed by atoms with Gasteiger partial charge in [-0.05, 0) is 36.4 Å². The van der Waals surface area contributed by atoms with Crippen LogP contribution in [0.3, 0.4) is 0 Å². The monoisotopic (exact) mass is 318 g/mol. The van der Waals surface area contributed by atoms with Crippen molar-refractivity contribution in [3.05, 3.63) is 104 Å². The second-order valence-corrected chi connectivity index (χ2v) is 4.94. The lowest BCUT2D eigenvalue weighted by atomic mass is 10.3. The zero-order chi connectivity index (χ0) is 16.8. The van der Waals surface area contributed by atoms with E-state index in [1.807, 2.05) is 48.5 Å². The van der Waals surface area contributed by atoms with Crippen molar-refractivity contribution < 1.29 is 0 Å². The molecule has 0 radical (unpaired) electrons. The third-order valence-corrected chi connectivity index (χ3v) is 3.22. The summed E-state index contributed by atoms with van der Waals surface area (Å²) in [4.78, 5) is 24.3. The number of anilines is 2. The molecule has 2 N–H and O–H groups in total. The van der Waals surface area contributed by atoms with Gasteiger partial charge in [-0.1, -0.05) is 36.4 Å². The molecule has 0 fully saturated rings. The molecule has 0 aliphatic heterocycles. The summed E-state index contributed by atoms with van der Waals surface area (Å²) in [6.07, 6.45) is 0. The van der Waals surface area contributed by atoms with Crippen LogP contribution in [-0.2, 0) is 0 Å². The summed E-state index contributed by atoms with van der Waals surface area (Å²) in [6, 6.07) is 20.9. The van der Waals surface area contributed by atoms with E-state index in [1.165, 1.54) is 12.1 Å². The fourth-order valence-corrected chi connectivity index (χ4v) is 2.01. The second-order valence-electron chi connectivity index (χ2n) is 4.94. The Morgan fingerprint density at radius 2 is 1.17 bits per heavy atom. The molecule has 0 saturated carbocycles. The summed E-state index contributed by atoms with van der Waals surface area (Å²) < 4.78 is 0. The summed E-state index contributed by atoms with van der Waals surface area (Å²) in [7, 11) is 0. The molecule has 0 aromatic heterocycles. The number of nitrogens with zero attached hydrogens (tertiary/aromatic N) is 2. The molecule has 6 nitrogen and oxygen atoms in total. The highest BCUT2D eigenvalue weighted by Gasteiger charge is 2.01. The molecule has 0 saturated heterocycles. The third kappa shape index (κ3) is 3.61. The Morgan fingerprint density at radius 3 is 1.75 bits per heavy atom. The fourth-order valence-electron chi connectivity index (χ4n) is 2.01. The third-order valence-electron chi connectivity index (χ3n) is 3.22. The predicted octanol–water partition coefficient (Wildman–Crippen LogP) is 1.14. The van der Waals surface area contributed by atoms with Crippen molar-refractivity contribution >= 4 is 11.4 Å². The van der Waals surface area contributed by atoms with E-state index >= 15 is 0 Å². The molecule has 24 heavy (non-hydrogen) atoms. The highest BCUT2D eigenvalue weighted by molar-refractivity contribution is 5.42. The van der Waals surface area contributed by atoms with Crippen LogP contribution in [0.15, 0.2) is 92.6 Å². The predicted molar refractivity (Wildman–Crippen MR) is 92.6 cm³/mol. The highest BCUT2D eigenvalue weighted by atomic mass is 16.1. The van der Waals surface area contributed by atoms with E-state index in [-0.39, 0.29) is 10.7 Å². The van der Waals surface area contributed by atoms with Gasteiger partial charge in [-0.25, -0.2) is 0 Å². The number of benzene rings is 3. The van der Waals surface area contributed by atoms with E-state index in [0.29, 0.717) is 5.69 Å². The van der Waals surface area contributed by atoms with Gasteiger partial charge >= 0.3 is 0 Å².